The molecule has 0 saturated carbocycles. The molecule has 0 heterocycles. The fourth-order valence-electron chi connectivity index (χ4n) is 2.23. The molecular formula is C19H12BrF6NO5. The number of carbonyl (C=O) groups is 2. The van der Waals surface area contributed by atoms with E-state index in [1.54, 1.807) is 0 Å². The van der Waals surface area contributed by atoms with E-state index < -0.39 is 62.8 Å². The molecule has 0 aliphatic heterocycles. The highest BCUT2D eigenvalue weighted by Crippen LogP contribution is 2.42. The quantitative estimate of drug-likeness (QED) is 0.311. The van der Waals surface area contributed by atoms with Crippen molar-refractivity contribution in [3.63, 3.8) is 0 Å². The molecule has 0 saturated heterocycles. The second kappa shape index (κ2) is 9.94. The summed E-state index contributed by atoms with van der Waals surface area (Å²) in [5.41, 5.74) is -2.45. The van der Waals surface area contributed by atoms with E-state index in [0.717, 1.165) is 26.4 Å². The van der Waals surface area contributed by atoms with Crippen molar-refractivity contribution >= 4 is 33.6 Å². The van der Waals surface area contributed by atoms with Gasteiger partial charge in [-0.05, 0) is 40.2 Å². The van der Waals surface area contributed by atoms with Gasteiger partial charge in [0.15, 0.2) is 23.1 Å². The Labute approximate surface area is 184 Å². The van der Waals surface area contributed by atoms with Crippen molar-refractivity contribution < 1.29 is 50.1 Å². The van der Waals surface area contributed by atoms with Gasteiger partial charge in [0.2, 0.25) is 0 Å². The minimum atomic E-state index is -5.03. The maximum absolute atomic E-state index is 14.2. The number of anilines is 1. The van der Waals surface area contributed by atoms with Crippen LogP contribution in [0.15, 0.2) is 40.5 Å². The van der Waals surface area contributed by atoms with E-state index in [4.69, 9.17) is 4.74 Å². The molecule has 2 aromatic carbocycles. The lowest BCUT2D eigenvalue weighted by Gasteiger charge is -2.17. The van der Waals surface area contributed by atoms with Gasteiger partial charge in [-0.3, -0.25) is 0 Å². The van der Waals surface area contributed by atoms with Crippen molar-refractivity contribution in [3.8, 4) is 11.5 Å². The molecule has 0 aromatic heterocycles. The molecular weight excluding hydrogens is 516 g/mol. The number of carbonyl (C=O) groups excluding carboxylic acids is 2. The molecule has 2 aromatic rings. The van der Waals surface area contributed by atoms with Gasteiger partial charge in [-0.25, -0.2) is 22.8 Å². The van der Waals surface area contributed by atoms with Crippen molar-refractivity contribution in [1.29, 1.82) is 0 Å². The van der Waals surface area contributed by atoms with Gasteiger partial charge < -0.3 is 19.5 Å². The summed E-state index contributed by atoms with van der Waals surface area (Å²) < 4.78 is 94.1. The zero-order valence-electron chi connectivity index (χ0n) is 16.1. The molecule has 172 valence electrons. The Hall–Kier alpha value is -3.22. The van der Waals surface area contributed by atoms with E-state index >= 15 is 0 Å². The first-order valence-corrected chi connectivity index (χ1v) is 9.05. The molecule has 13 heteroatoms. The van der Waals surface area contributed by atoms with Crippen LogP contribution in [0.5, 0.6) is 11.5 Å². The van der Waals surface area contributed by atoms with Crippen LogP contribution < -0.4 is 10.1 Å². The molecule has 0 atom stereocenters. The number of benzene rings is 2. The van der Waals surface area contributed by atoms with E-state index in [1.165, 1.54) is 0 Å². The highest BCUT2D eigenvalue weighted by Gasteiger charge is 2.33. The second-order valence-corrected chi connectivity index (χ2v) is 6.60. The van der Waals surface area contributed by atoms with Gasteiger partial charge in [-0.2, -0.15) is 13.2 Å². The molecule has 0 unspecified atom stereocenters. The maximum atomic E-state index is 14.2. The number of nitrogens with one attached hydrogen (secondary N) is 1. The summed E-state index contributed by atoms with van der Waals surface area (Å²) in [4.78, 5) is 23.4. The molecule has 6 nitrogen and oxygen atoms in total. The lowest BCUT2D eigenvalue weighted by Crippen LogP contribution is -2.16. The molecule has 0 aliphatic rings. The standard InChI is InChI=1S/C19H12BrF6NO5/c1-30-14(28)7-13(18(29)31-2)27-12-4-3-9(21)15(20)17(12)32-16-10(22)5-8(6-11(16)23)19(24,25)26/h3-7,27H,1-2H3/b13-7+. The summed E-state index contributed by atoms with van der Waals surface area (Å²) in [6.07, 6.45) is -4.35. The van der Waals surface area contributed by atoms with Crippen LogP contribution in [0.1, 0.15) is 5.56 Å². The van der Waals surface area contributed by atoms with E-state index in [1.807, 2.05) is 0 Å². The number of hydrogen-bond acceptors (Lipinski definition) is 6. The fourth-order valence-corrected chi connectivity index (χ4v) is 2.66. The van der Waals surface area contributed by atoms with Crippen molar-refractivity contribution in [2.45, 2.75) is 6.18 Å². The monoisotopic (exact) mass is 527 g/mol. The summed E-state index contributed by atoms with van der Waals surface area (Å²) in [5.74, 6) is -8.41. The van der Waals surface area contributed by atoms with Crippen molar-refractivity contribution in [1.82, 2.24) is 0 Å². The lowest BCUT2D eigenvalue weighted by molar-refractivity contribution is -0.138. The number of esters is 2. The Morgan fingerprint density at radius 2 is 1.56 bits per heavy atom. The molecule has 0 spiro atoms. The lowest BCUT2D eigenvalue weighted by atomic mass is 10.2. The summed E-state index contributed by atoms with van der Waals surface area (Å²) >= 11 is 2.80. The average molecular weight is 528 g/mol. The molecule has 0 radical (unpaired) electrons. The third-order valence-electron chi connectivity index (χ3n) is 3.72. The Morgan fingerprint density at radius 3 is 2.06 bits per heavy atom. The normalized spacial score (nSPS) is 11.7. The van der Waals surface area contributed by atoms with Crippen LogP contribution >= 0.6 is 15.9 Å². The number of ether oxygens (including phenoxy) is 3. The smallest absolute Gasteiger partial charge is 0.416 e. The fraction of sp³-hybridized carbons (Fsp3) is 0.158. The largest absolute Gasteiger partial charge is 0.466 e. The van der Waals surface area contributed by atoms with Gasteiger partial charge in [0, 0.05) is 0 Å². The van der Waals surface area contributed by atoms with E-state index in [-0.39, 0.29) is 17.8 Å². The minimum Gasteiger partial charge on any atom is -0.466 e. The van der Waals surface area contributed by atoms with Crippen LogP contribution in [-0.2, 0) is 25.2 Å². The molecule has 0 aliphatic carbocycles. The zero-order valence-corrected chi connectivity index (χ0v) is 17.7. The van der Waals surface area contributed by atoms with Crippen molar-refractivity contribution in [3.05, 3.63) is 63.5 Å². The molecule has 0 amide bonds. The van der Waals surface area contributed by atoms with Crippen LogP contribution in [0.3, 0.4) is 0 Å². The zero-order chi connectivity index (χ0) is 24.2. The molecule has 0 bridgehead atoms. The van der Waals surface area contributed by atoms with Gasteiger partial charge in [-0.1, -0.05) is 0 Å². The maximum Gasteiger partial charge on any atom is 0.416 e. The van der Waals surface area contributed by atoms with Gasteiger partial charge in [0.1, 0.15) is 11.5 Å². The van der Waals surface area contributed by atoms with Gasteiger partial charge in [0.05, 0.1) is 36.0 Å². The van der Waals surface area contributed by atoms with Gasteiger partial charge in [0.25, 0.3) is 0 Å². The van der Waals surface area contributed by atoms with Crippen LogP contribution in [0.4, 0.5) is 32.0 Å². The number of methoxy groups -OCH3 is 2. The highest BCUT2D eigenvalue weighted by molar-refractivity contribution is 9.10. The topological polar surface area (TPSA) is 73.9 Å². The van der Waals surface area contributed by atoms with E-state index in [9.17, 15) is 35.9 Å². The van der Waals surface area contributed by atoms with E-state index in [0.29, 0.717) is 6.08 Å². The minimum absolute atomic E-state index is 0.00421. The number of alkyl halides is 3. The molecule has 32 heavy (non-hydrogen) atoms. The average Bonchev–Trinajstić information content (AvgIpc) is 2.72. The summed E-state index contributed by atoms with van der Waals surface area (Å²) in [5, 5.41) is 2.37. The van der Waals surface area contributed by atoms with Gasteiger partial charge in [-0.15, -0.1) is 0 Å². The first-order valence-electron chi connectivity index (χ1n) is 8.26. The summed E-state index contributed by atoms with van der Waals surface area (Å²) in [6, 6.07) is 1.83. The van der Waals surface area contributed by atoms with E-state index in [2.05, 4.69) is 30.7 Å². The Morgan fingerprint density at radius 1 is 0.969 bits per heavy atom. The van der Waals surface area contributed by atoms with Crippen LogP contribution in [0.25, 0.3) is 0 Å². The Kier molecular flexibility index (Phi) is 7.78. The van der Waals surface area contributed by atoms with Gasteiger partial charge >= 0.3 is 18.1 Å². The Balaban J connectivity index is 2.57. The molecule has 0 fully saturated rings. The predicted octanol–water partition coefficient (Wildman–Crippen LogP) is 5.32. The third-order valence-corrected chi connectivity index (χ3v) is 4.46. The van der Waals surface area contributed by atoms with Crippen molar-refractivity contribution in [2.24, 2.45) is 0 Å². The summed E-state index contributed by atoms with van der Waals surface area (Å²) in [6.45, 7) is 0. The highest BCUT2D eigenvalue weighted by atomic mass is 79.9. The predicted molar refractivity (Wildman–Crippen MR) is 101 cm³/mol. The third kappa shape index (κ3) is 5.72. The Bertz CT molecular complexity index is 1060. The van der Waals surface area contributed by atoms with Crippen LogP contribution in [-0.4, -0.2) is 26.2 Å². The van der Waals surface area contributed by atoms with Crippen LogP contribution in [0, 0.1) is 17.5 Å². The van der Waals surface area contributed by atoms with Crippen molar-refractivity contribution in [2.75, 3.05) is 19.5 Å². The molecule has 1 N–H and O–H groups in total. The number of hydrogen-bond donors (Lipinski definition) is 1. The first kappa shape index (κ1) is 25.0. The molecule has 2 rings (SSSR count). The first-order chi connectivity index (χ1) is 14.9. The second-order valence-electron chi connectivity index (χ2n) is 5.80. The SMILES string of the molecule is COC(=O)/C=C(/Nc1ccc(F)c(Br)c1Oc1c(F)cc(C(F)(F)F)cc1F)C(=O)OC. The van der Waals surface area contributed by atoms with Crippen LogP contribution in [0.2, 0.25) is 0 Å². The number of rotatable bonds is 6. The summed E-state index contributed by atoms with van der Waals surface area (Å²) in [7, 11) is 2.01. The number of halogens is 7.